The summed E-state index contributed by atoms with van der Waals surface area (Å²) in [6, 6.07) is 2.14. The Morgan fingerprint density at radius 2 is 2.20 bits per heavy atom. The Balaban J connectivity index is 2.01. The molecule has 0 amide bonds. The first-order chi connectivity index (χ1) is 7.19. The molecule has 0 radical (unpaired) electrons. The van der Waals surface area contributed by atoms with Crippen LogP contribution in [0.25, 0.3) is 9.88 Å². The van der Waals surface area contributed by atoms with Crippen molar-refractivity contribution in [3.63, 3.8) is 0 Å². The lowest BCUT2D eigenvalue weighted by Crippen LogP contribution is -2.18. The molecule has 2 N–H and O–H groups in total. The van der Waals surface area contributed by atoms with Crippen molar-refractivity contribution in [3.05, 3.63) is 28.1 Å². The third kappa shape index (κ3) is 1.53. The predicted molar refractivity (Wildman–Crippen MR) is 65.3 cm³/mol. The monoisotopic (exact) mass is 236 g/mol. The number of aryl methyl sites for hydroxylation is 1. The van der Waals surface area contributed by atoms with Crippen LogP contribution in [0, 0.1) is 6.92 Å². The number of hydrogen-bond donors (Lipinski definition) is 1. The average Bonchev–Trinajstić information content (AvgIpc) is 2.70. The molecule has 1 saturated carbocycles. The molecule has 1 aliphatic carbocycles. The van der Waals surface area contributed by atoms with Gasteiger partial charge >= 0.3 is 0 Å². The fourth-order valence-corrected chi connectivity index (χ4v) is 3.62. The maximum atomic E-state index is 6.12. The van der Waals surface area contributed by atoms with E-state index in [1.165, 1.54) is 10.4 Å². The molecule has 0 unspecified atom stereocenters. The Labute approximate surface area is 96.8 Å². The molecular weight excluding hydrogens is 224 g/mol. The average molecular weight is 236 g/mol. The summed E-state index contributed by atoms with van der Waals surface area (Å²) in [5.74, 6) is 0. The molecule has 0 aromatic carbocycles. The number of thiazole rings is 1. The van der Waals surface area contributed by atoms with E-state index in [4.69, 9.17) is 5.73 Å². The lowest BCUT2D eigenvalue weighted by molar-refractivity contribution is 0.715. The number of thiophene rings is 1. The third-order valence-electron chi connectivity index (χ3n) is 2.86. The van der Waals surface area contributed by atoms with E-state index in [9.17, 15) is 0 Å². The first-order valence-electron chi connectivity index (χ1n) is 4.98. The van der Waals surface area contributed by atoms with Gasteiger partial charge < -0.3 is 5.73 Å². The lowest BCUT2D eigenvalue weighted by Gasteiger charge is -2.01. The van der Waals surface area contributed by atoms with Gasteiger partial charge in [-0.3, -0.25) is 0 Å². The molecule has 78 valence electrons. The molecule has 0 saturated heterocycles. The normalized spacial score (nSPS) is 18.0. The minimum absolute atomic E-state index is 0.0973. The Kier molecular flexibility index (Phi) is 1.99. The molecule has 2 aromatic rings. The van der Waals surface area contributed by atoms with Gasteiger partial charge in [0.05, 0.1) is 16.1 Å². The fraction of sp³-hybridized carbons (Fsp3) is 0.364. The topological polar surface area (TPSA) is 38.9 Å². The minimum atomic E-state index is -0.0973. The Morgan fingerprint density at radius 1 is 1.40 bits per heavy atom. The van der Waals surface area contributed by atoms with Gasteiger partial charge in [-0.2, -0.15) is 0 Å². The molecule has 2 nitrogen and oxygen atoms in total. The Morgan fingerprint density at radius 3 is 2.80 bits per heavy atom. The fourth-order valence-electron chi connectivity index (χ4n) is 1.59. The second-order valence-electron chi connectivity index (χ2n) is 4.13. The SMILES string of the molecule is Cc1ccsc1-c1nc(C2(N)CC2)cs1. The molecule has 2 aromatic heterocycles. The van der Waals surface area contributed by atoms with Crippen LogP contribution in [0.15, 0.2) is 16.8 Å². The van der Waals surface area contributed by atoms with Gasteiger partial charge in [-0.1, -0.05) is 0 Å². The van der Waals surface area contributed by atoms with E-state index < -0.39 is 0 Å². The second-order valence-corrected chi connectivity index (χ2v) is 5.90. The summed E-state index contributed by atoms with van der Waals surface area (Å²) in [6.45, 7) is 2.13. The van der Waals surface area contributed by atoms with Crippen molar-refractivity contribution in [2.75, 3.05) is 0 Å². The van der Waals surface area contributed by atoms with Crippen molar-refractivity contribution < 1.29 is 0 Å². The van der Waals surface area contributed by atoms with Gasteiger partial charge in [0, 0.05) is 5.38 Å². The van der Waals surface area contributed by atoms with E-state index in [0.717, 1.165) is 23.5 Å². The maximum Gasteiger partial charge on any atom is 0.133 e. The molecule has 0 spiro atoms. The third-order valence-corrected chi connectivity index (χ3v) is 4.87. The van der Waals surface area contributed by atoms with Crippen molar-refractivity contribution >= 4 is 22.7 Å². The quantitative estimate of drug-likeness (QED) is 0.870. The lowest BCUT2D eigenvalue weighted by atomic mass is 10.2. The summed E-state index contributed by atoms with van der Waals surface area (Å²) < 4.78 is 0. The molecular formula is C11H12N2S2. The maximum absolute atomic E-state index is 6.12. The highest BCUT2D eigenvalue weighted by atomic mass is 32.1. The molecule has 0 atom stereocenters. The van der Waals surface area contributed by atoms with Gasteiger partial charge in [0.15, 0.2) is 0 Å². The van der Waals surface area contributed by atoms with Crippen LogP contribution in [0.4, 0.5) is 0 Å². The van der Waals surface area contributed by atoms with Crippen molar-refractivity contribution in [1.29, 1.82) is 0 Å². The van der Waals surface area contributed by atoms with Crippen molar-refractivity contribution in [1.82, 2.24) is 4.98 Å². The van der Waals surface area contributed by atoms with Crippen LogP contribution in [-0.2, 0) is 5.54 Å². The summed E-state index contributed by atoms with van der Waals surface area (Å²) in [5.41, 5.74) is 8.41. The van der Waals surface area contributed by atoms with Crippen LogP contribution >= 0.6 is 22.7 Å². The van der Waals surface area contributed by atoms with E-state index in [0.29, 0.717) is 0 Å². The molecule has 3 rings (SSSR count). The zero-order chi connectivity index (χ0) is 10.5. The molecule has 1 fully saturated rings. The van der Waals surface area contributed by atoms with E-state index in [1.54, 1.807) is 22.7 Å². The van der Waals surface area contributed by atoms with Crippen molar-refractivity contribution in [2.24, 2.45) is 5.73 Å². The smallest absolute Gasteiger partial charge is 0.133 e. The molecule has 2 heterocycles. The zero-order valence-corrected chi connectivity index (χ0v) is 10.1. The number of rotatable bonds is 2. The highest BCUT2D eigenvalue weighted by Gasteiger charge is 2.42. The summed E-state index contributed by atoms with van der Waals surface area (Å²) in [7, 11) is 0. The molecule has 4 heteroatoms. The van der Waals surface area contributed by atoms with Gasteiger partial charge in [0.1, 0.15) is 5.01 Å². The molecule has 15 heavy (non-hydrogen) atoms. The Bertz CT molecular complexity index is 494. The van der Waals surface area contributed by atoms with E-state index in [1.807, 2.05) is 0 Å². The van der Waals surface area contributed by atoms with Gasteiger partial charge in [0.25, 0.3) is 0 Å². The number of nitrogens with zero attached hydrogens (tertiary/aromatic N) is 1. The van der Waals surface area contributed by atoms with Crippen LogP contribution in [0.2, 0.25) is 0 Å². The van der Waals surface area contributed by atoms with E-state index in [-0.39, 0.29) is 5.54 Å². The standard InChI is InChI=1S/C11H12N2S2/c1-7-2-5-14-9(7)10-13-8(6-15-10)11(12)3-4-11/h2,5-6H,3-4,12H2,1H3. The van der Waals surface area contributed by atoms with Crippen molar-refractivity contribution in [2.45, 2.75) is 25.3 Å². The minimum Gasteiger partial charge on any atom is -0.320 e. The predicted octanol–water partition coefficient (Wildman–Crippen LogP) is 3.13. The number of nitrogens with two attached hydrogens (primary N) is 1. The first-order valence-corrected chi connectivity index (χ1v) is 6.74. The van der Waals surface area contributed by atoms with Gasteiger partial charge in [-0.05, 0) is 36.8 Å². The number of hydrogen-bond acceptors (Lipinski definition) is 4. The van der Waals surface area contributed by atoms with Gasteiger partial charge in [-0.15, -0.1) is 22.7 Å². The van der Waals surface area contributed by atoms with E-state index in [2.05, 4.69) is 28.7 Å². The van der Waals surface area contributed by atoms with E-state index >= 15 is 0 Å². The second kappa shape index (κ2) is 3.14. The first kappa shape index (κ1) is 9.51. The van der Waals surface area contributed by atoms with Crippen LogP contribution in [0.3, 0.4) is 0 Å². The van der Waals surface area contributed by atoms with Crippen LogP contribution in [0.1, 0.15) is 24.1 Å². The largest absolute Gasteiger partial charge is 0.320 e. The molecule has 1 aliphatic rings. The molecule has 0 bridgehead atoms. The van der Waals surface area contributed by atoms with Gasteiger partial charge in [0.2, 0.25) is 0 Å². The van der Waals surface area contributed by atoms with Gasteiger partial charge in [-0.25, -0.2) is 4.98 Å². The number of aromatic nitrogens is 1. The summed E-state index contributed by atoms with van der Waals surface area (Å²) in [4.78, 5) is 5.94. The molecule has 0 aliphatic heterocycles. The zero-order valence-electron chi connectivity index (χ0n) is 8.49. The summed E-state index contributed by atoms with van der Waals surface area (Å²) in [6.07, 6.45) is 2.17. The Hall–Kier alpha value is -0.710. The van der Waals surface area contributed by atoms with Crippen LogP contribution < -0.4 is 5.73 Å². The van der Waals surface area contributed by atoms with Crippen LogP contribution in [-0.4, -0.2) is 4.98 Å². The highest BCUT2D eigenvalue weighted by Crippen LogP contribution is 2.44. The summed E-state index contributed by atoms with van der Waals surface area (Å²) in [5, 5.41) is 5.34. The summed E-state index contributed by atoms with van der Waals surface area (Å²) >= 11 is 3.46. The van der Waals surface area contributed by atoms with Crippen LogP contribution in [0.5, 0.6) is 0 Å². The highest BCUT2D eigenvalue weighted by molar-refractivity contribution is 7.20. The van der Waals surface area contributed by atoms with Crippen molar-refractivity contribution in [3.8, 4) is 9.88 Å².